The van der Waals surface area contributed by atoms with Crippen LogP contribution in [0.4, 0.5) is 0 Å². The van der Waals surface area contributed by atoms with E-state index < -0.39 is 0 Å². The van der Waals surface area contributed by atoms with Gasteiger partial charge in [-0.3, -0.25) is 9.67 Å². The average Bonchev–Trinajstić information content (AvgIpc) is 2.93. The third kappa shape index (κ3) is 5.53. The van der Waals surface area contributed by atoms with Crippen LogP contribution in [0.3, 0.4) is 0 Å². The summed E-state index contributed by atoms with van der Waals surface area (Å²) in [6.45, 7) is 8.36. The fraction of sp³-hybridized carbons (Fsp3) is 0.789. The van der Waals surface area contributed by atoms with Gasteiger partial charge in [-0.05, 0) is 39.2 Å². The Hall–Kier alpha value is -0.440. The Morgan fingerprint density at radius 1 is 1.31 bits per heavy atom. The summed E-state index contributed by atoms with van der Waals surface area (Å²) >= 11 is 2.21. The summed E-state index contributed by atoms with van der Waals surface area (Å²) in [4.78, 5) is 7.05. The van der Waals surface area contributed by atoms with Crippen LogP contribution in [-0.4, -0.2) is 57.8 Å². The van der Waals surface area contributed by atoms with Crippen LogP contribution in [0.5, 0.6) is 0 Å². The molecule has 3 rings (SSSR count). The zero-order valence-corrected chi connectivity index (χ0v) is 19.6. The first-order valence-corrected chi connectivity index (χ1v) is 10.7. The molecule has 2 fully saturated rings. The van der Waals surface area contributed by atoms with E-state index in [0.717, 1.165) is 44.3 Å². The highest BCUT2D eigenvalue weighted by Gasteiger charge is 2.38. The van der Waals surface area contributed by atoms with Crippen molar-refractivity contribution in [1.82, 2.24) is 20.0 Å². The zero-order valence-electron chi connectivity index (χ0n) is 16.5. The molecule has 1 aliphatic carbocycles. The first-order valence-electron chi connectivity index (χ1n) is 9.72. The van der Waals surface area contributed by atoms with Gasteiger partial charge in [0.05, 0.1) is 5.69 Å². The van der Waals surface area contributed by atoms with Crippen molar-refractivity contribution < 1.29 is 0 Å². The number of hydrogen-bond acceptors (Lipinski definition) is 3. The van der Waals surface area contributed by atoms with Gasteiger partial charge in [0.1, 0.15) is 0 Å². The van der Waals surface area contributed by atoms with E-state index >= 15 is 0 Å². The molecule has 1 saturated carbocycles. The van der Waals surface area contributed by atoms with Gasteiger partial charge in [0.25, 0.3) is 0 Å². The van der Waals surface area contributed by atoms with E-state index in [4.69, 9.17) is 0 Å². The lowest BCUT2D eigenvalue weighted by molar-refractivity contribution is 0.293. The lowest BCUT2D eigenvalue weighted by Gasteiger charge is -2.45. The quantitative estimate of drug-likeness (QED) is 0.301. The van der Waals surface area contributed by atoms with Crippen LogP contribution in [-0.2, 0) is 6.54 Å². The molecular weight excluding hydrogens is 457 g/mol. The third-order valence-electron chi connectivity index (χ3n) is 5.46. The van der Waals surface area contributed by atoms with E-state index in [2.05, 4.69) is 56.7 Å². The second-order valence-corrected chi connectivity index (χ2v) is 9.05. The Morgan fingerprint density at radius 2 is 2.08 bits per heavy atom. The average molecular weight is 491 g/mol. The molecule has 0 radical (unpaired) electrons. The molecule has 0 amide bonds. The minimum Gasteiger partial charge on any atom is -0.356 e. The molecule has 7 heteroatoms. The summed E-state index contributed by atoms with van der Waals surface area (Å²) in [5.41, 5.74) is 2.35. The number of rotatable bonds is 4. The molecule has 1 aromatic heterocycles. The first-order chi connectivity index (χ1) is 12.1. The maximum Gasteiger partial charge on any atom is 0.193 e. The van der Waals surface area contributed by atoms with Crippen LogP contribution in [0.2, 0.25) is 0 Å². The van der Waals surface area contributed by atoms with Gasteiger partial charge >= 0.3 is 0 Å². The van der Waals surface area contributed by atoms with Crippen molar-refractivity contribution in [3.8, 4) is 0 Å². The van der Waals surface area contributed by atoms with E-state index in [1.165, 1.54) is 43.6 Å². The van der Waals surface area contributed by atoms with Crippen molar-refractivity contribution in [1.29, 1.82) is 0 Å². The highest BCUT2D eigenvalue weighted by molar-refractivity contribution is 14.0. The summed E-state index contributed by atoms with van der Waals surface area (Å²) in [6.07, 6.45) is 8.04. The lowest BCUT2D eigenvalue weighted by Crippen LogP contribution is -2.53. The number of guanidine groups is 1. The van der Waals surface area contributed by atoms with E-state index in [1.54, 1.807) is 0 Å². The predicted octanol–water partition coefficient (Wildman–Crippen LogP) is 3.84. The number of aromatic nitrogens is 2. The fourth-order valence-corrected chi connectivity index (χ4v) is 5.76. The molecule has 0 bridgehead atoms. The van der Waals surface area contributed by atoms with Crippen LogP contribution in [0.1, 0.15) is 49.9 Å². The molecule has 26 heavy (non-hydrogen) atoms. The predicted molar refractivity (Wildman–Crippen MR) is 123 cm³/mol. The van der Waals surface area contributed by atoms with Gasteiger partial charge in [0.15, 0.2) is 5.96 Å². The summed E-state index contributed by atoms with van der Waals surface area (Å²) < 4.78 is 2.59. The largest absolute Gasteiger partial charge is 0.356 e. The standard InChI is InChI=1S/C19H33N5S.HI/c1-16-14-17(2)24(22-16)11-7-10-21-18(20-3)23-12-13-25-19(15-23)8-5-4-6-9-19;/h14H,4-13,15H2,1-3H3,(H,20,21);1H. The number of nitrogens with one attached hydrogen (secondary N) is 1. The normalized spacial score (nSPS) is 20.1. The molecule has 0 aromatic carbocycles. The van der Waals surface area contributed by atoms with Gasteiger partial charge in [-0.15, -0.1) is 24.0 Å². The molecule has 5 nitrogen and oxygen atoms in total. The molecule has 1 aliphatic heterocycles. The number of halogens is 1. The van der Waals surface area contributed by atoms with Gasteiger partial charge in [0.2, 0.25) is 0 Å². The van der Waals surface area contributed by atoms with E-state index in [1.807, 2.05) is 7.05 Å². The van der Waals surface area contributed by atoms with Crippen molar-refractivity contribution in [2.24, 2.45) is 4.99 Å². The topological polar surface area (TPSA) is 45.5 Å². The Bertz CT molecular complexity index is 589. The maximum absolute atomic E-state index is 4.56. The molecule has 0 unspecified atom stereocenters. The summed E-state index contributed by atoms with van der Waals surface area (Å²) in [5.74, 6) is 2.31. The highest BCUT2D eigenvalue weighted by atomic mass is 127. The number of aliphatic imine (C=N–C) groups is 1. The first kappa shape index (κ1) is 21.9. The molecule has 1 spiro atoms. The summed E-state index contributed by atoms with van der Waals surface area (Å²) in [6, 6.07) is 2.14. The Balaban J connectivity index is 0.00000243. The number of nitrogens with zero attached hydrogens (tertiary/aromatic N) is 4. The lowest BCUT2D eigenvalue weighted by atomic mass is 9.87. The van der Waals surface area contributed by atoms with Gasteiger partial charge < -0.3 is 10.2 Å². The highest BCUT2D eigenvalue weighted by Crippen LogP contribution is 2.42. The third-order valence-corrected chi connectivity index (χ3v) is 6.99. The van der Waals surface area contributed by atoms with Crippen molar-refractivity contribution in [2.45, 2.75) is 63.7 Å². The Kier molecular flexibility index (Phi) is 8.57. The number of aryl methyl sites for hydroxylation is 3. The van der Waals surface area contributed by atoms with Crippen LogP contribution < -0.4 is 5.32 Å². The van der Waals surface area contributed by atoms with Crippen LogP contribution in [0, 0.1) is 13.8 Å². The SMILES string of the molecule is CN=C(NCCCn1nc(C)cc1C)N1CCSC2(CCCCC2)C1.I. The number of hydrogen-bond donors (Lipinski definition) is 1. The van der Waals surface area contributed by atoms with Crippen molar-refractivity contribution >= 4 is 41.7 Å². The van der Waals surface area contributed by atoms with E-state index in [9.17, 15) is 0 Å². The summed E-state index contributed by atoms with van der Waals surface area (Å²) in [5, 5.41) is 8.12. The van der Waals surface area contributed by atoms with Gasteiger partial charge in [-0.1, -0.05) is 19.3 Å². The van der Waals surface area contributed by atoms with Crippen LogP contribution in [0.15, 0.2) is 11.1 Å². The molecule has 0 atom stereocenters. The second kappa shape index (κ2) is 10.2. The Labute approximate surface area is 179 Å². The van der Waals surface area contributed by atoms with E-state index in [0.29, 0.717) is 4.75 Å². The Morgan fingerprint density at radius 3 is 2.73 bits per heavy atom. The molecule has 2 aliphatic rings. The number of thioether (sulfide) groups is 1. The van der Waals surface area contributed by atoms with Gasteiger partial charge in [-0.2, -0.15) is 16.9 Å². The molecule has 148 valence electrons. The van der Waals surface area contributed by atoms with Crippen LogP contribution >= 0.6 is 35.7 Å². The minimum absolute atomic E-state index is 0. The zero-order chi connectivity index (χ0) is 17.7. The van der Waals surface area contributed by atoms with Crippen molar-refractivity contribution in [2.75, 3.05) is 32.4 Å². The maximum atomic E-state index is 4.56. The molecule has 1 aromatic rings. The van der Waals surface area contributed by atoms with Crippen LogP contribution in [0.25, 0.3) is 0 Å². The fourth-order valence-electron chi connectivity index (χ4n) is 4.19. The molecular formula is C19H34IN5S. The van der Waals surface area contributed by atoms with E-state index in [-0.39, 0.29) is 24.0 Å². The minimum atomic E-state index is 0. The molecule has 1 saturated heterocycles. The van der Waals surface area contributed by atoms with Crippen molar-refractivity contribution in [3.63, 3.8) is 0 Å². The van der Waals surface area contributed by atoms with Crippen molar-refractivity contribution in [3.05, 3.63) is 17.5 Å². The monoisotopic (exact) mass is 491 g/mol. The summed E-state index contributed by atoms with van der Waals surface area (Å²) in [7, 11) is 1.92. The molecule has 2 heterocycles. The smallest absolute Gasteiger partial charge is 0.193 e. The van der Waals surface area contributed by atoms with Gasteiger partial charge in [-0.25, -0.2) is 0 Å². The van der Waals surface area contributed by atoms with Gasteiger partial charge in [0, 0.05) is 49.4 Å². The second-order valence-electron chi connectivity index (χ2n) is 7.49. The molecule has 1 N–H and O–H groups in total.